The molecule has 0 amide bonds. The Labute approximate surface area is 633 Å². The molecule has 8 aliphatic rings. The summed E-state index contributed by atoms with van der Waals surface area (Å²) in [6.07, 6.45) is -24.8. The van der Waals surface area contributed by atoms with Crippen molar-refractivity contribution in [1.29, 1.82) is 0 Å². The highest BCUT2D eigenvalue weighted by atomic mass is 32.3. The molecule has 38 heteroatoms. The molecule has 0 aromatic heterocycles. The number of allylic oxidation sites excluding steroid dienone is 4. The van der Waals surface area contributed by atoms with E-state index in [-0.39, 0.29) is 111 Å². The molecule has 8 bridgehead atoms. The summed E-state index contributed by atoms with van der Waals surface area (Å²) < 4.78 is 402. The predicted molar refractivity (Wildman–Crippen MR) is 360 cm³/mol. The first-order chi connectivity index (χ1) is 50.3. The van der Waals surface area contributed by atoms with E-state index in [1.807, 2.05) is 19.1 Å². The van der Waals surface area contributed by atoms with Crippen molar-refractivity contribution in [3.05, 3.63) is 36.3 Å². The lowest BCUT2D eigenvalue weighted by atomic mass is 9.67. The van der Waals surface area contributed by atoms with Crippen LogP contribution in [0.25, 0.3) is 0 Å². The van der Waals surface area contributed by atoms with E-state index in [2.05, 4.69) is 25.5 Å². The molecular weight excluding hydrogens is 1590 g/mol. The van der Waals surface area contributed by atoms with E-state index in [0.29, 0.717) is 50.4 Å². The summed E-state index contributed by atoms with van der Waals surface area (Å²) in [7, 11) is -6.74. The van der Waals surface area contributed by atoms with Crippen molar-refractivity contribution >= 4 is 20.4 Å². The van der Waals surface area contributed by atoms with Gasteiger partial charge in [-0.25, -0.2) is 0 Å². The molecular formula is C73H109F26O10S2+. The van der Waals surface area contributed by atoms with Crippen LogP contribution in [0.3, 0.4) is 0 Å². The molecule has 6 saturated carbocycles. The lowest BCUT2D eigenvalue weighted by Gasteiger charge is -2.43. The van der Waals surface area contributed by atoms with Gasteiger partial charge in [0.05, 0.1) is 5.25 Å². The van der Waals surface area contributed by atoms with E-state index >= 15 is 0 Å². The van der Waals surface area contributed by atoms with Gasteiger partial charge in [-0.2, -0.15) is 118 Å². The largest absolute Gasteiger partial charge is 0.468 e. The van der Waals surface area contributed by atoms with Crippen LogP contribution in [0.4, 0.5) is 113 Å². The molecule has 0 spiro atoms. The molecule has 0 heterocycles. The number of methoxy groups -OCH3 is 2. The fourth-order valence-electron chi connectivity index (χ4n) is 19.4. The quantitative estimate of drug-likeness (QED) is 0.0155. The number of hydrogen-bond acceptors (Lipinski definition) is 9. The Balaban J connectivity index is 0.000000450. The standard InChI is InChI=1S/C46H73F13O5S.C13H16F6O2.C11H12F6O.C2H3FO2S.CH4/c1-4-35(65(59,61)62)19-15-11-7-5-9-13-17-21-37-32-24-34(28-42(45(53,54)55,46(56,57)58)64-29-63-3)40(26-32)38(37)22-18-14-10-6-8-12-16-20-36-30(2)39-25-31(36)23-33(39)27-41(60,43(47,48)49)44(50,51)52;1-20-7-21-11(12(14,15)16,13(17,18)19)6-10-5-8-2-3-9(10)4-8;12-10(13,14)9(18,11(15,16)17)5-8-4-6-1-2-7(8)3-6;1-2-6(3,4)5;/h30-40,60H,4-29H2,1-3H3;2-3,8-10H,4-7H2,1H3;1-2,6-8,18H,3-5H2;2H,1H2;1H4/p+1. The van der Waals surface area contributed by atoms with Crippen LogP contribution >= 0.6 is 0 Å². The van der Waals surface area contributed by atoms with Crippen LogP contribution in [0.2, 0.25) is 0 Å². The molecule has 3 N–H and O–H groups in total. The summed E-state index contributed by atoms with van der Waals surface area (Å²) in [6.45, 7) is 4.06. The fraction of sp³-hybridized carbons (Fsp3) is 0.918. The van der Waals surface area contributed by atoms with Crippen LogP contribution in [-0.4, -0.2) is 132 Å². The first-order valence-electron chi connectivity index (χ1n) is 37.5. The normalized spacial score (nSPS) is 29.0. The SMILES string of the molecule is C.C=CS(=O)(=[OH+])F.CCC(CCCCCCCCCC1C2CC(CC(OCOC)(C(F)(F)F)C(F)(F)F)C(C2)C1CCCCCCCCCC1C2CC(CC(O)(C(F)(F)F)C(F)(F)F)C(C2)C1C)S(=O)(=O)F.COCOC(CC1CC2C=CC1C2)(C(F)(F)F)C(F)(F)F.OC(CC1CC2C=CC1C2)(C(F)(F)F)C(F)(F)F. The Hall–Kier alpha value is -2.94. The van der Waals surface area contributed by atoms with Gasteiger partial charge in [-0.1, -0.05) is 146 Å². The van der Waals surface area contributed by atoms with Crippen molar-refractivity contribution in [2.75, 3.05) is 27.8 Å². The van der Waals surface area contributed by atoms with E-state index in [1.54, 1.807) is 19.1 Å². The van der Waals surface area contributed by atoms with Gasteiger partial charge in [-0.3, -0.25) is 0 Å². The number of rotatable bonds is 37. The molecule has 0 radical (unpaired) electrons. The average molecular weight is 1700 g/mol. The summed E-state index contributed by atoms with van der Waals surface area (Å²) in [5, 5.41) is 18.3. The number of hydrogen-bond donors (Lipinski definition) is 2. The number of halogens is 26. The molecule has 6 fully saturated rings. The van der Waals surface area contributed by atoms with E-state index < -0.39 is 160 Å². The fourth-order valence-corrected chi connectivity index (χ4v) is 20.3. The molecule has 111 heavy (non-hydrogen) atoms. The highest BCUT2D eigenvalue weighted by Crippen LogP contribution is 2.64. The highest BCUT2D eigenvalue weighted by Gasteiger charge is 2.76. The maximum absolute atomic E-state index is 14.3. The Bertz CT molecular complexity index is 3040. The Morgan fingerprint density at radius 3 is 1.07 bits per heavy atom. The van der Waals surface area contributed by atoms with Crippen LogP contribution in [0.15, 0.2) is 36.3 Å². The topological polar surface area (TPSA) is 150 Å². The number of ether oxygens (including phenoxy) is 4. The summed E-state index contributed by atoms with van der Waals surface area (Å²) >= 11 is 0. The van der Waals surface area contributed by atoms with Crippen molar-refractivity contribution in [1.82, 2.24) is 0 Å². The zero-order valence-electron chi connectivity index (χ0n) is 61.6. The van der Waals surface area contributed by atoms with Gasteiger partial charge in [0, 0.05) is 14.2 Å². The third-order valence-corrected chi connectivity index (χ3v) is 26.8. The molecule has 8 rings (SSSR count). The number of unbranched alkanes of at least 4 members (excludes halogenated alkanes) is 12. The van der Waals surface area contributed by atoms with Gasteiger partial charge in [-0.15, -0.1) is 8.09 Å². The molecule has 0 aromatic carbocycles. The summed E-state index contributed by atoms with van der Waals surface area (Å²) in [4.78, 5) is 0. The molecule has 8 aliphatic carbocycles. The molecule has 654 valence electrons. The predicted octanol–water partition coefficient (Wildman–Crippen LogP) is 23.7. The van der Waals surface area contributed by atoms with Crippen molar-refractivity contribution in [2.45, 2.75) is 297 Å². The third-order valence-electron chi connectivity index (χ3n) is 25.0. The van der Waals surface area contributed by atoms with Gasteiger partial charge in [-0.05, 0) is 204 Å². The van der Waals surface area contributed by atoms with E-state index in [0.717, 1.165) is 111 Å². The van der Waals surface area contributed by atoms with E-state index in [1.165, 1.54) is 0 Å². The second-order valence-corrected chi connectivity index (χ2v) is 34.7. The number of fused-ring (bicyclic) bond motifs is 8. The van der Waals surface area contributed by atoms with Crippen molar-refractivity contribution in [2.24, 2.45) is 94.7 Å². The highest BCUT2D eigenvalue weighted by molar-refractivity contribution is 7.89. The van der Waals surface area contributed by atoms with Gasteiger partial charge in [0.25, 0.3) is 22.4 Å². The van der Waals surface area contributed by atoms with E-state index in [4.69, 9.17) is 9.32 Å². The van der Waals surface area contributed by atoms with Crippen molar-refractivity contribution < 1.29 is 159 Å². The van der Waals surface area contributed by atoms with Crippen molar-refractivity contribution in [3.63, 3.8) is 0 Å². The van der Waals surface area contributed by atoms with Gasteiger partial charge in [0.1, 0.15) is 19.0 Å². The average Bonchev–Trinajstić information content (AvgIpc) is 1.73. The van der Waals surface area contributed by atoms with Crippen LogP contribution in [0.5, 0.6) is 0 Å². The second kappa shape index (κ2) is 39.7. The first kappa shape index (κ1) is 100. The minimum absolute atomic E-state index is 0. The molecule has 18 unspecified atom stereocenters. The Morgan fingerprint density at radius 1 is 0.441 bits per heavy atom. The number of aliphatic hydroxyl groups is 2. The zero-order chi connectivity index (χ0) is 83.5. The second-order valence-electron chi connectivity index (χ2n) is 31.8. The summed E-state index contributed by atoms with van der Waals surface area (Å²) in [5.74, 6) is -3.59. The lowest BCUT2D eigenvalue weighted by Crippen LogP contribution is -2.60. The number of alkyl halides is 24. The zero-order valence-corrected chi connectivity index (χ0v) is 63.2. The summed E-state index contributed by atoms with van der Waals surface area (Å²) in [5.41, 5.74) is -17.8. The van der Waals surface area contributed by atoms with Crippen LogP contribution in [0.1, 0.15) is 220 Å². The summed E-state index contributed by atoms with van der Waals surface area (Å²) in [6, 6.07) is 0. The molecule has 10 nitrogen and oxygen atoms in total. The lowest BCUT2D eigenvalue weighted by molar-refractivity contribution is -0.397. The Morgan fingerprint density at radius 2 is 0.757 bits per heavy atom. The van der Waals surface area contributed by atoms with Gasteiger partial charge in [0.15, 0.2) is 0 Å². The van der Waals surface area contributed by atoms with Crippen LogP contribution in [0, 0.1) is 94.7 Å². The maximum Gasteiger partial charge on any atom is 0.468 e. The monoisotopic (exact) mass is 1700 g/mol. The van der Waals surface area contributed by atoms with E-state index in [9.17, 15) is 131 Å². The van der Waals surface area contributed by atoms with Crippen LogP contribution in [-0.2, 0) is 39.4 Å². The van der Waals surface area contributed by atoms with Gasteiger partial charge < -0.3 is 29.2 Å². The minimum atomic E-state index is -5.81. The van der Waals surface area contributed by atoms with Crippen LogP contribution < -0.4 is 0 Å². The van der Waals surface area contributed by atoms with Gasteiger partial charge >= 0.3 is 69.9 Å². The van der Waals surface area contributed by atoms with Crippen molar-refractivity contribution in [3.8, 4) is 0 Å². The molecule has 0 aromatic rings. The molecule has 18 atom stereocenters. The maximum atomic E-state index is 14.3. The molecule has 0 saturated heterocycles. The molecule has 0 aliphatic heterocycles. The van der Waals surface area contributed by atoms with Gasteiger partial charge in [0.2, 0.25) is 0 Å². The smallest absolute Gasteiger partial charge is 0.374 e. The first-order valence-corrected chi connectivity index (χ1v) is 40.4. The third kappa shape index (κ3) is 25.3. The Kier molecular flexibility index (Phi) is 36.0. The minimum Gasteiger partial charge on any atom is -0.374 e.